The van der Waals surface area contributed by atoms with Gasteiger partial charge >= 0.3 is 5.97 Å². The largest absolute Gasteiger partial charge is 0.477 e. The molecule has 0 aliphatic carbocycles. The minimum Gasteiger partial charge on any atom is -0.477 e. The second-order valence-electron chi connectivity index (χ2n) is 4.26. The molecular formula is C14H12ClN3O3. The minimum absolute atomic E-state index is 0.0249. The van der Waals surface area contributed by atoms with Gasteiger partial charge < -0.3 is 16.2 Å². The molecule has 1 heterocycles. The first-order valence-corrected chi connectivity index (χ1v) is 6.36. The van der Waals surface area contributed by atoms with Crippen molar-refractivity contribution >= 4 is 29.2 Å². The molecule has 0 aliphatic rings. The fraction of sp³-hybridized carbons (Fsp3) is 0.0714. The molecule has 0 aliphatic heterocycles. The molecule has 21 heavy (non-hydrogen) atoms. The van der Waals surface area contributed by atoms with Gasteiger partial charge in [0, 0.05) is 23.5 Å². The predicted octanol–water partition coefficient (Wildman–Crippen LogP) is 2.14. The summed E-state index contributed by atoms with van der Waals surface area (Å²) in [7, 11) is 0. The molecule has 0 spiro atoms. The van der Waals surface area contributed by atoms with Crippen LogP contribution in [0.15, 0.2) is 36.5 Å². The first-order valence-electron chi connectivity index (χ1n) is 5.99. The number of pyridine rings is 1. The Kier molecular flexibility index (Phi) is 4.39. The molecule has 6 nitrogen and oxygen atoms in total. The highest BCUT2D eigenvalue weighted by molar-refractivity contribution is 6.31. The standard InChI is InChI=1S/C14H12ClN3O3/c15-9-2-4-11(10(5-9)13(16)19)17-6-8-1-3-12(14(20)21)18-7-8/h1-5,7,17H,6H2,(H2,16,19)(H,20,21). The summed E-state index contributed by atoms with van der Waals surface area (Å²) >= 11 is 5.82. The van der Waals surface area contributed by atoms with Gasteiger partial charge in [0.15, 0.2) is 0 Å². The van der Waals surface area contributed by atoms with E-state index in [2.05, 4.69) is 10.3 Å². The Morgan fingerprint density at radius 2 is 2.05 bits per heavy atom. The van der Waals surface area contributed by atoms with Crippen molar-refractivity contribution in [3.63, 3.8) is 0 Å². The van der Waals surface area contributed by atoms with Crippen molar-refractivity contribution in [2.45, 2.75) is 6.54 Å². The second kappa shape index (κ2) is 6.23. The van der Waals surface area contributed by atoms with Gasteiger partial charge in [-0.1, -0.05) is 17.7 Å². The first kappa shape index (κ1) is 14.8. The van der Waals surface area contributed by atoms with E-state index in [1.54, 1.807) is 18.2 Å². The van der Waals surface area contributed by atoms with Gasteiger partial charge in [-0.25, -0.2) is 9.78 Å². The zero-order valence-electron chi connectivity index (χ0n) is 10.8. The number of amides is 1. The number of hydrogen-bond donors (Lipinski definition) is 3. The lowest BCUT2D eigenvalue weighted by atomic mass is 10.1. The van der Waals surface area contributed by atoms with Crippen molar-refractivity contribution in [2.24, 2.45) is 5.73 Å². The van der Waals surface area contributed by atoms with E-state index in [9.17, 15) is 9.59 Å². The van der Waals surface area contributed by atoms with Crippen LogP contribution in [0.3, 0.4) is 0 Å². The average Bonchev–Trinajstić information content (AvgIpc) is 2.46. The van der Waals surface area contributed by atoms with E-state index in [1.165, 1.54) is 18.3 Å². The summed E-state index contributed by atoms with van der Waals surface area (Å²) in [5.74, 6) is -1.66. The number of carbonyl (C=O) groups is 2. The number of aromatic nitrogens is 1. The van der Waals surface area contributed by atoms with Crippen LogP contribution in [0.1, 0.15) is 26.4 Å². The molecule has 1 aromatic carbocycles. The number of nitrogens with two attached hydrogens (primary N) is 1. The van der Waals surface area contributed by atoms with Gasteiger partial charge in [-0.2, -0.15) is 0 Å². The number of anilines is 1. The first-order chi connectivity index (χ1) is 9.97. The Hall–Kier alpha value is -2.60. The van der Waals surface area contributed by atoms with Crippen LogP contribution < -0.4 is 11.1 Å². The molecule has 0 unspecified atom stereocenters. The van der Waals surface area contributed by atoms with Crippen LogP contribution in [0.2, 0.25) is 5.02 Å². The van der Waals surface area contributed by atoms with Gasteiger partial charge in [0.1, 0.15) is 5.69 Å². The van der Waals surface area contributed by atoms with Crippen molar-refractivity contribution in [1.29, 1.82) is 0 Å². The Balaban J connectivity index is 2.13. The fourth-order valence-electron chi connectivity index (χ4n) is 1.73. The second-order valence-corrected chi connectivity index (χ2v) is 4.70. The molecule has 0 bridgehead atoms. The Bertz CT molecular complexity index is 686. The van der Waals surface area contributed by atoms with Gasteiger partial charge in [-0.15, -0.1) is 0 Å². The highest BCUT2D eigenvalue weighted by atomic mass is 35.5. The third-order valence-corrected chi connectivity index (χ3v) is 3.01. The van der Waals surface area contributed by atoms with Gasteiger partial charge in [-0.3, -0.25) is 4.79 Å². The SMILES string of the molecule is NC(=O)c1cc(Cl)ccc1NCc1ccc(C(=O)O)nc1. The highest BCUT2D eigenvalue weighted by Gasteiger charge is 2.09. The molecule has 0 fully saturated rings. The number of halogens is 1. The number of rotatable bonds is 5. The van der Waals surface area contributed by atoms with Crippen molar-refractivity contribution < 1.29 is 14.7 Å². The summed E-state index contributed by atoms with van der Waals surface area (Å²) in [6, 6.07) is 7.83. The van der Waals surface area contributed by atoms with Gasteiger partial charge in [0.05, 0.1) is 5.56 Å². The molecule has 2 rings (SSSR count). The third-order valence-electron chi connectivity index (χ3n) is 2.77. The summed E-state index contributed by atoms with van der Waals surface area (Å²) in [6.45, 7) is 0.370. The smallest absolute Gasteiger partial charge is 0.354 e. The van der Waals surface area contributed by atoms with E-state index in [-0.39, 0.29) is 11.3 Å². The van der Waals surface area contributed by atoms with Crippen LogP contribution in [0.5, 0.6) is 0 Å². The minimum atomic E-state index is -1.08. The molecule has 7 heteroatoms. The summed E-state index contributed by atoms with van der Waals surface area (Å²) in [5.41, 5.74) is 6.87. The highest BCUT2D eigenvalue weighted by Crippen LogP contribution is 2.21. The van der Waals surface area contributed by atoms with Crippen LogP contribution in [0, 0.1) is 0 Å². The topological polar surface area (TPSA) is 105 Å². The monoisotopic (exact) mass is 305 g/mol. The number of aromatic carboxylic acids is 1. The van der Waals surface area contributed by atoms with E-state index in [1.807, 2.05) is 0 Å². The van der Waals surface area contributed by atoms with E-state index in [0.717, 1.165) is 5.56 Å². The molecule has 0 atom stereocenters. The number of carbonyl (C=O) groups excluding carboxylic acids is 1. The molecule has 0 radical (unpaired) electrons. The quantitative estimate of drug-likeness (QED) is 0.785. The molecule has 0 saturated heterocycles. The van der Waals surface area contributed by atoms with E-state index < -0.39 is 11.9 Å². The Labute approximate surface area is 125 Å². The average molecular weight is 306 g/mol. The van der Waals surface area contributed by atoms with Crippen molar-refractivity contribution in [2.75, 3.05) is 5.32 Å². The number of nitrogens with zero attached hydrogens (tertiary/aromatic N) is 1. The van der Waals surface area contributed by atoms with Gasteiger partial charge in [0.2, 0.25) is 0 Å². The number of nitrogens with one attached hydrogen (secondary N) is 1. The van der Waals surface area contributed by atoms with Crippen LogP contribution in [0.25, 0.3) is 0 Å². The van der Waals surface area contributed by atoms with Crippen molar-refractivity contribution in [3.05, 3.63) is 58.4 Å². The number of carboxylic acids is 1. The Morgan fingerprint density at radius 1 is 1.29 bits per heavy atom. The van der Waals surface area contributed by atoms with E-state index >= 15 is 0 Å². The van der Waals surface area contributed by atoms with Gasteiger partial charge in [0.25, 0.3) is 5.91 Å². The molecule has 108 valence electrons. The lowest BCUT2D eigenvalue weighted by molar-refractivity contribution is 0.0690. The zero-order valence-corrected chi connectivity index (χ0v) is 11.6. The maximum absolute atomic E-state index is 11.4. The van der Waals surface area contributed by atoms with Crippen molar-refractivity contribution in [3.8, 4) is 0 Å². The zero-order chi connectivity index (χ0) is 15.4. The van der Waals surface area contributed by atoms with Crippen LogP contribution in [-0.4, -0.2) is 22.0 Å². The third kappa shape index (κ3) is 3.70. The summed E-state index contributed by atoms with van der Waals surface area (Å²) in [4.78, 5) is 25.9. The molecule has 2 aromatic rings. The molecule has 0 saturated carbocycles. The number of hydrogen-bond acceptors (Lipinski definition) is 4. The van der Waals surface area contributed by atoms with Crippen LogP contribution in [-0.2, 0) is 6.54 Å². The summed E-state index contributed by atoms with van der Waals surface area (Å²) in [5, 5.41) is 12.2. The normalized spacial score (nSPS) is 10.1. The number of benzene rings is 1. The van der Waals surface area contributed by atoms with Crippen LogP contribution in [0.4, 0.5) is 5.69 Å². The van der Waals surface area contributed by atoms with Crippen LogP contribution >= 0.6 is 11.6 Å². The van der Waals surface area contributed by atoms with E-state index in [4.69, 9.17) is 22.4 Å². The lowest BCUT2D eigenvalue weighted by Gasteiger charge is -2.10. The Morgan fingerprint density at radius 3 is 2.62 bits per heavy atom. The molecule has 1 amide bonds. The summed E-state index contributed by atoms with van der Waals surface area (Å²) < 4.78 is 0. The fourth-order valence-corrected chi connectivity index (χ4v) is 1.90. The maximum atomic E-state index is 11.4. The molecular weight excluding hydrogens is 294 g/mol. The molecule has 1 aromatic heterocycles. The van der Waals surface area contributed by atoms with E-state index in [0.29, 0.717) is 17.3 Å². The number of primary amides is 1. The van der Waals surface area contributed by atoms with Gasteiger partial charge in [-0.05, 0) is 29.8 Å². The number of carboxylic acid groups (broad SMARTS) is 1. The lowest BCUT2D eigenvalue weighted by Crippen LogP contribution is -2.14. The van der Waals surface area contributed by atoms with Crippen molar-refractivity contribution in [1.82, 2.24) is 4.98 Å². The maximum Gasteiger partial charge on any atom is 0.354 e. The predicted molar refractivity (Wildman–Crippen MR) is 78.5 cm³/mol. The summed E-state index contributed by atoms with van der Waals surface area (Å²) in [6.07, 6.45) is 1.45. The molecule has 4 N–H and O–H groups in total.